The molecule has 0 saturated carbocycles. The van der Waals surface area contributed by atoms with E-state index in [0.29, 0.717) is 5.56 Å². The molecule has 4 nitrogen and oxygen atoms in total. The zero-order chi connectivity index (χ0) is 13.5. The van der Waals surface area contributed by atoms with E-state index in [4.69, 9.17) is 0 Å². The molecular formula is C14H22N2O2. The average Bonchev–Trinajstić information content (AvgIpc) is 2.30. The van der Waals surface area contributed by atoms with Crippen LogP contribution in [-0.4, -0.2) is 11.5 Å². The molecule has 1 aromatic carbocycles. The predicted molar refractivity (Wildman–Crippen MR) is 75.0 cm³/mol. The lowest BCUT2D eigenvalue weighted by Gasteiger charge is -2.10. The van der Waals surface area contributed by atoms with E-state index < -0.39 is 0 Å². The van der Waals surface area contributed by atoms with E-state index in [0.717, 1.165) is 24.6 Å². The summed E-state index contributed by atoms with van der Waals surface area (Å²) in [5.74, 6) is 0.740. The first-order chi connectivity index (χ1) is 8.52. The Balaban J connectivity index is 2.48. The van der Waals surface area contributed by atoms with Crippen LogP contribution >= 0.6 is 0 Å². The van der Waals surface area contributed by atoms with Crippen molar-refractivity contribution in [3.05, 3.63) is 33.9 Å². The molecule has 1 aromatic rings. The normalized spacial score (nSPS) is 10.7. The monoisotopic (exact) mass is 250 g/mol. The largest absolute Gasteiger partial charge is 0.385 e. The molecular weight excluding hydrogens is 228 g/mol. The highest BCUT2D eigenvalue weighted by Crippen LogP contribution is 2.24. The van der Waals surface area contributed by atoms with Crippen molar-refractivity contribution in [2.24, 2.45) is 5.92 Å². The number of hydrogen-bond donors (Lipinski definition) is 1. The minimum Gasteiger partial charge on any atom is -0.385 e. The van der Waals surface area contributed by atoms with Crippen LogP contribution in [0.25, 0.3) is 0 Å². The van der Waals surface area contributed by atoms with Crippen LogP contribution in [0.1, 0.15) is 38.7 Å². The van der Waals surface area contributed by atoms with Crippen molar-refractivity contribution >= 4 is 11.4 Å². The Morgan fingerprint density at radius 1 is 1.33 bits per heavy atom. The molecule has 0 aliphatic rings. The third-order valence-electron chi connectivity index (χ3n) is 3.03. The second-order valence-electron chi connectivity index (χ2n) is 5.02. The Morgan fingerprint density at radius 2 is 2.06 bits per heavy atom. The molecule has 0 fully saturated rings. The Hall–Kier alpha value is -1.58. The van der Waals surface area contributed by atoms with Gasteiger partial charge in [0, 0.05) is 23.9 Å². The van der Waals surface area contributed by atoms with Crippen LogP contribution < -0.4 is 5.32 Å². The molecule has 0 amide bonds. The molecule has 0 aliphatic heterocycles. The first-order valence-corrected chi connectivity index (χ1v) is 6.50. The highest BCUT2D eigenvalue weighted by molar-refractivity contribution is 5.59. The van der Waals surface area contributed by atoms with Crippen molar-refractivity contribution in [1.82, 2.24) is 0 Å². The fourth-order valence-corrected chi connectivity index (χ4v) is 1.91. The van der Waals surface area contributed by atoms with Crippen LogP contribution in [0, 0.1) is 23.0 Å². The van der Waals surface area contributed by atoms with Gasteiger partial charge in [0.25, 0.3) is 5.69 Å². The summed E-state index contributed by atoms with van der Waals surface area (Å²) in [6, 6.07) is 5.16. The number of nitro benzene ring substituents is 1. The summed E-state index contributed by atoms with van der Waals surface area (Å²) in [7, 11) is 0. The maximum Gasteiger partial charge on any atom is 0.274 e. The smallest absolute Gasteiger partial charge is 0.274 e. The molecule has 0 saturated heterocycles. The van der Waals surface area contributed by atoms with E-state index in [1.165, 1.54) is 12.8 Å². The van der Waals surface area contributed by atoms with Gasteiger partial charge >= 0.3 is 0 Å². The summed E-state index contributed by atoms with van der Waals surface area (Å²) in [4.78, 5) is 10.5. The SMILES string of the molecule is Cc1c(NCCCCC(C)C)cccc1[N+](=O)[O-]. The summed E-state index contributed by atoms with van der Waals surface area (Å²) in [6.07, 6.45) is 3.52. The van der Waals surface area contributed by atoms with Gasteiger partial charge in [-0.3, -0.25) is 10.1 Å². The third-order valence-corrected chi connectivity index (χ3v) is 3.03. The fraction of sp³-hybridized carbons (Fsp3) is 0.571. The maximum absolute atomic E-state index is 10.8. The van der Waals surface area contributed by atoms with Crippen LogP contribution in [-0.2, 0) is 0 Å². The van der Waals surface area contributed by atoms with Gasteiger partial charge in [-0.25, -0.2) is 0 Å². The number of hydrogen-bond acceptors (Lipinski definition) is 3. The summed E-state index contributed by atoms with van der Waals surface area (Å²) in [5.41, 5.74) is 1.77. The topological polar surface area (TPSA) is 55.2 Å². The molecule has 0 bridgehead atoms. The number of rotatable bonds is 7. The quantitative estimate of drug-likeness (QED) is 0.449. The zero-order valence-corrected chi connectivity index (χ0v) is 11.4. The van der Waals surface area contributed by atoms with E-state index in [1.54, 1.807) is 19.1 Å². The number of nitrogens with one attached hydrogen (secondary N) is 1. The molecule has 4 heteroatoms. The van der Waals surface area contributed by atoms with Crippen LogP contribution in [0.4, 0.5) is 11.4 Å². The number of benzene rings is 1. The minimum absolute atomic E-state index is 0.183. The van der Waals surface area contributed by atoms with Gasteiger partial charge in [-0.1, -0.05) is 32.8 Å². The zero-order valence-electron chi connectivity index (χ0n) is 11.4. The molecule has 0 spiro atoms. The van der Waals surface area contributed by atoms with Gasteiger partial charge in [-0.2, -0.15) is 0 Å². The third kappa shape index (κ3) is 4.35. The second-order valence-corrected chi connectivity index (χ2v) is 5.02. The van der Waals surface area contributed by atoms with Gasteiger partial charge in [0.05, 0.1) is 4.92 Å². The van der Waals surface area contributed by atoms with Crippen LogP contribution in [0.5, 0.6) is 0 Å². The highest BCUT2D eigenvalue weighted by Gasteiger charge is 2.12. The number of unbranched alkanes of at least 4 members (excludes halogenated alkanes) is 1. The van der Waals surface area contributed by atoms with Crippen molar-refractivity contribution in [3.63, 3.8) is 0 Å². The van der Waals surface area contributed by atoms with E-state index >= 15 is 0 Å². The Bertz CT molecular complexity index is 403. The lowest BCUT2D eigenvalue weighted by Crippen LogP contribution is -2.04. The molecule has 100 valence electrons. The molecule has 1 N–H and O–H groups in total. The molecule has 0 aliphatic carbocycles. The summed E-state index contributed by atoms with van der Waals surface area (Å²) < 4.78 is 0. The first kappa shape index (κ1) is 14.5. The van der Waals surface area contributed by atoms with Crippen molar-refractivity contribution in [3.8, 4) is 0 Å². The van der Waals surface area contributed by atoms with Gasteiger partial charge < -0.3 is 5.32 Å². The molecule has 1 rings (SSSR count). The highest BCUT2D eigenvalue weighted by atomic mass is 16.6. The van der Waals surface area contributed by atoms with Gasteiger partial charge in [-0.05, 0) is 25.3 Å². The van der Waals surface area contributed by atoms with E-state index in [-0.39, 0.29) is 10.6 Å². The Morgan fingerprint density at radius 3 is 2.67 bits per heavy atom. The van der Waals surface area contributed by atoms with Crippen molar-refractivity contribution in [1.29, 1.82) is 0 Å². The maximum atomic E-state index is 10.8. The summed E-state index contributed by atoms with van der Waals surface area (Å²) in [5, 5.41) is 14.1. The Labute approximate surface area is 109 Å². The number of nitro groups is 1. The van der Waals surface area contributed by atoms with E-state index in [2.05, 4.69) is 19.2 Å². The predicted octanol–water partition coefficient (Wildman–Crippen LogP) is 4.14. The number of anilines is 1. The average molecular weight is 250 g/mol. The van der Waals surface area contributed by atoms with Gasteiger partial charge in [0.15, 0.2) is 0 Å². The van der Waals surface area contributed by atoms with Crippen LogP contribution in [0.2, 0.25) is 0 Å². The van der Waals surface area contributed by atoms with Crippen LogP contribution in [0.15, 0.2) is 18.2 Å². The van der Waals surface area contributed by atoms with Crippen molar-refractivity contribution in [2.45, 2.75) is 40.0 Å². The lowest BCUT2D eigenvalue weighted by atomic mass is 10.1. The number of nitrogens with zero attached hydrogens (tertiary/aromatic N) is 1. The van der Waals surface area contributed by atoms with Gasteiger partial charge in [0.2, 0.25) is 0 Å². The molecule has 0 radical (unpaired) electrons. The van der Waals surface area contributed by atoms with E-state index in [9.17, 15) is 10.1 Å². The minimum atomic E-state index is -0.334. The van der Waals surface area contributed by atoms with Gasteiger partial charge in [-0.15, -0.1) is 0 Å². The molecule has 0 atom stereocenters. The van der Waals surface area contributed by atoms with Gasteiger partial charge in [0.1, 0.15) is 0 Å². The second kappa shape index (κ2) is 6.99. The van der Waals surface area contributed by atoms with E-state index in [1.807, 2.05) is 6.07 Å². The molecule has 0 aromatic heterocycles. The summed E-state index contributed by atoms with van der Waals surface area (Å²) >= 11 is 0. The van der Waals surface area contributed by atoms with Crippen molar-refractivity contribution in [2.75, 3.05) is 11.9 Å². The summed E-state index contributed by atoms with van der Waals surface area (Å²) in [6.45, 7) is 7.10. The molecule has 0 heterocycles. The van der Waals surface area contributed by atoms with Crippen molar-refractivity contribution < 1.29 is 4.92 Å². The standard InChI is InChI=1S/C14H22N2O2/c1-11(2)7-4-5-10-15-13-8-6-9-14(12(13)3)16(17)18/h6,8-9,11,15H,4-5,7,10H2,1-3H3. The Kier molecular flexibility index (Phi) is 5.62. The lowest BCUT2D eigenvalue weighted by molar-refractivity contribution is -0.385. The molecule has 0 unspecified atom stereocenters. The molecule has 18 heavy (non-hydrogen) atoms. The first-order valence-electron chi connectivity index (χ1n) is 6.50. The van der Waals surface area contributed by atoms with Crippen LogP contribution in [0.3, 0.4) is 0 Å². The fourth-order valence-electron chi connectivity index (χ4n) is 1.91.